The zero-order valence-corrected chi connectivity index (χ0v) is 17.2. The van der Waals surface area contributed by atoms with E-state index in [1.54, 1.807) is 6.26 Å². The van der Waals surface area contributed by atoms with E-state index in [2.05, 4.69) is 59.9 Å². The molecule has 2 aromatic heterocycles. The average molecular weight is 396 g/mol. The third-order valence-corrected chi connectivity index (χ3v) is 5.45. The molecular weight excluding hydrogens is 366 g/mol. The van der Waals surface area contributed by atoms with Crippen molar-refractivity contribution in [3.63, 3.8) is 0 Å². The van der Waals surface area contributed by atoms with E-state index in [0.717, 1.165) is 75.2 Å². The summed E-state index contributed by atoms with van der Waals surface area (Å²) in [6, 6.07) is 10.2. The monoisotopic (exact) mass is 395 g/mol. The van der Waals surface area contributed by atoms with Crippen molar-refractivity contribution in [2.45, 2.75) is 26.4 Å². The second-order valence-corrected chi connectivity index (χ2v) is 7.38. The maximum absolute atomic E-state index is 4.92. The molecule has 0 amide bonds. The summed E-state index contributed by atoms with van der Waals surface area (Å²) < 4.78 is 7.22. The summed E-state index contributed by atoms with van der Waals surface area (Å²) in [6.07, 6.45) is 2.65. The fourth-order valence-electron chi connectivity index (χ4n) is 3.91. The lowest BCUT2D eigenvalue weighted by Crippen LogP contribution is -2.52. The Morgan fingerprint density at radius 2 is 2.00 bits per heavy atom. The lowest BCUT2D eigenvalue weighted by atomic mass is 10.3. The van der Waals surface area contributed by atoms with Crippen molar-refractivity contribution in [3.05, 3.63) is 48.1 Å². The number of piperazine rings is 1. The highest BCUT2D eigenvalue weighted by atomic mass is 16.5. The molecule has 0 radical (unpaired) electrons. The predicted molar refractivity (Wildman–Crippen MR) is 114 cm³/mol. The zero-order valence-electron chi connectivity index (χ0n) is 17.2. The van der Waals surface area contributed by atoms with E-state index >= 15 is 0 Å². The molecule has 0 spiro atoms. The molecule has 3 aromatic rings. The van der Waals surface area contributed by atoms with Gasteiger partial charge in [-0.2, -0.15) is 0 Å². The molecule has 0 atom stereocenters. The number of aryl methyl sites for hydroxylation is 2. The summed E-state index contributed by atoms with van der Waals surface area (Å²) in [6.45, 7) is 8.66. The van der Waals surface area contributed by atoms with Gasteiger partial charge in [-0.15, -0.1) is 0 Å². The molecule has 0 unspecified atom stereocenters. The van der Waals surface area contributed by atoms with Gasteiger partial charge in [0.15, 0.2) is 5.96 Å². The van der Waals surface area contributed by atoms with Crippen molar-refractivity contribution in [2.75, 3.05) is 39.8 Å². The van der Waals surface area contributed by atoms with Crippen LogP contribution < -0.4 is 5.32 Å². The summed E-state index contributed by atoms with van der Waals surface area (Å²) in [5.74, 6) is 2.05. The number of aliphatic imine (C=N–C) groups is 1. The van der Waals surface area contributed by atoms with Crippen LogP contribution in [0.4, 0.5) is 0 Å². The smallest absolute Gasteiger partial charge is 0.193 e. The van der Waals surface area contributed by atoms with Crippen LogP contribution in [-0.2, 0) is 13.1 Å². The molecule has 154 valence electrons. The Hall–Kier alpha value is -2.87. The molecule has 1 saturated heterocycles. The van der Waals surface area contributed by atoms with Gasteiger partial charge in [0, 0.05) is 58.9 Å². The van der Waals surface area contributed by atoms with Gasteiger partial charge in [0.05, 0.1) is 16.7 Å². The van der Waals surface area contributed by atoms with Crippen molar-refractivity contribution < 1.29 is 4.52 Å². The number of guanidine groups is 1. The SMILES string of the molecule is CN=C(NCCCn1c(C)nc2ccccc21)N1CCN(Cc2ccon2)CC1. The number of rotatable bonds is 6. The van der Waals surface area contributed by atoms with Crippen LogP contribution in [0.2, 0.25) is 0 Å². The van der Waals surface area contributed by atoms with E-state index in [4.69, 9.17) is 4.52 Å². The molecule has 1 N–H and O–H groups in total. The third kappa shape index (κ3) is 4.59. The van der Waals surface area contributed by atoms with Crippen LogP contribution in [0.15, 0.2) is 46.1 Å². The van der Waals surface area contributed by atoms with E-state index < -0.39 is 0 Å². The normalized spacial score (nSPS) is 15.9. The van der Waals surface area contributed by atoms with Gasteiger partial charge in [0.25, 0.3) is 0 Å². The number of nitrogens with zero attached hydrogens (tertiary/aromatic N) is 6. The van der Waals surface area contributed by atoms with Gasteiger partial charge in [0.1, 0.15) is 12.1 Å². The van der Waals surface area contributed by atoms with Crippen molar-refractivity contribution in [1.82, 2.24) is 29.8 Å². The number of hydrogen-bond donors (Lipinski definition) is 1. The summed E-state index contributed by atoms with van der Waals surface area (Å²) in [5, 5.41) is 7.53. The highest BCUT2D eigenvalue weighted by Gasteiger charge is 2.20. The quantitative estimate of drug-likeness (QED) is 0.391. The van der Waals surface area contributed by atoms with Gasteiger partial charge in [-0.3, -0.25) is 9.89 Å². The topological polar surface area (TPSA) is 74.7 Å². The molecule has 0 bridgehead atoms. The Bertz CT molecular complexity index is 939. The molecule has 0 saturated carbocycles. The number of benzene rings is 1. The molecule has 4 rings (SSSR count). The summed E-state index contributed by atoms with van der Waals surface area (Å²) in [4.78, 5) is 13.9. The Morgan fingerprint density at radius 1 is 1.17 bits per heavy atom. The minimum absolute atomic E-state index is 0.842. The van der Waals surface area contributed by atoms with Crippen molar-refractivity contribution in [2.24, 2.45) is 4.99 Å². The van der Waals surface area contributed by atoms with Crippen LogP contribution >= 0.6 is 0 Å². The molecule has 3 heterocycles. The van der Waals surface area contributed by atoms with Crippen molar-refractivity contribution in [1.29, 1.82) is 0 Å². The van der Waals surface area contributed by atoms with E-state index in [1.807, 2.05) is 19.2 Å². The molecule has 8 nitrogen and oxygen atoms in total. The number of fused-ring (bicyclic) bond motifs is 1. The fraction of sp³-hybridized carbons (Fsp3) is 0.476. The summed E-state index contributed by atoms with van der Waals surface area (Å²) >= 11 is 0. The van der Waals surface area contributed by atoms with Crippen LogP contribution in [0.5, 0.6) is 0 Å². The Balaban J connectivity index is 1.23. The molecule has 1 aliphatic heterocycles. The Kier molecular flexibility index (Phi) is 6.09. The van der Waals surface area contributed by atoms with Gasteiger partial charge in [-0.05, 0) is 25.5 Å². The van der Waals surface area contributed by atoms with Crippen LogP contribution in [0, 0.1) is 6.92 Å². The number of aromatic nitrogens is 3. The van der Waals surface area contributed by atoms with Crippen LogP contribution in [0.25, 0.3) is 11.0 Å². The van der Waals surface area contributed by atoms with E-state index in [-0.39, 0.29) is 0 Å². The largest absolute Gasteiger partial charge is 0.364 e. The van der Waals surface area contributed by atoms with Gasteiger partial charge in [0.2, 0.25) is 0 Å². The van der Waals surface area contributed by atoms with Crippen molar-refractivity contribution in [3.8, 4) is 0 Å². The van der Waals surface area contributed by atoms with Crippen LogP contribution in [0.3, 0.4) is 0 Å². The fourth-order valence-corrected chi connectivity index (χ4v) is 3.91. The second-order valence-electron chi connectivity index (χ2n) is 7.38. The minimum Gasteiger partial charge on any atom is -0.364 e. The highest BCUT2D eigenvalue weighted by molar-refractivity contribution is 5.80. The molecule has 1 aliphatic rings. The van der Waals surface area contributed by atoms with Crippen LogP contribution in [-0.4, -0.2) is 70.2 Å². The maximum atomic E-state index is 4.92. The van der Waals surface area contributed by atoms with Gasteiger partial charge < -0.3 is 19.3 Å². The molecule has 0 aliphatic carbocycles. The lowest BCUT2D eigenvalue weighted by Gasteiger charge is -2.36. The van der Waals surface area contributed by atoms with Gasteiger partial charge in [-0.25, -0.2) is 4.98 Å². The molecule has 1 aromatic carbocycles. The molecular formula is C21H29N7O. The standard InChI is InChI=1S/C21H29N7O/c1-17-24-19-6-3-4-7-20(19)28(17)10-5-9-23-21(22-2)27-13-11-26(12-14-27)16-18-8-15-29-25-18/h3-4,6-8,15H,5,9-14,16H2,1-2H3,(H,22,23). The first kappa shape index (κ1) is 19.4. The first-order chi connectivity index (χ1) is 14.2. The highest BCUT2D eigenvalue weighted by Crippen LogP contribution is 2.15. The zero-order chi connectivity index (χ0) is 20.1. The maximum Gasteiger partial charge on any atom is 0.193 e. The number of nitrogens with one attached hydrogen (secondary N) is 1. The minimum atomic E-state index is 0.842. The van der Waals surface area contributed by atoms with Gasteiger partial charge in [-0.1, -0.05) is 17.3 Å². The average Bonchev–Trinajstić information content (AvgIpc) is 3.36. The Morgan fingerprint density at radius 3 is 2.76 bits per heavy atom. The summed E-state index contributed by atoms with van der Waals surface area (Å²) in [5.41, 5.74) is 3.26. The van der Waals surface area contributed by atoms with Crippen LogP contribution in [0.1, 0.15) is 17.9 Å². The third-order valence-electron chi connectivity index (χ3n) is 5.45. The van der Waals surface area contributed by atoms with E-state index in [1.165, 1.54) is 5.52 Å². The number of imidazole rings is 1. The number of hydrogen-bond acceptors (Lipinski definition) is 5. The van der Waals surface area contributed by atoms with E-state index in [9.17, 15) is 0 Å². The predicted octanol–water partition coefficient (Wildman–Crippen LogP) is 2.12. The summed E-state index contributed by atoms with van der Waals surface area (Å²) in [7, 11) is 1.86. The Labute approximate surface area is 171 Å². The van der Waals surface area contributed by atoms with Crippen molar-refractivity contribution >= 4 is 17.0 Å². The van der Waals surface area contributed by atoms with Gasteiger partial charge >= 0.3 is 0 Å². The molecule has 8 heteroatoms. The molecule has 1 fully saturated rings. The second kappa shape index (κ2) is 9.09. The first-order valence-corrected chi connectivity index (χ1v) is 10.2. The first-order valence-electron chi connectivity index (χ1n) is 10.2. The van der Waals surface area contributed by atoms with E-state index in [0.29, 0.717) is 0 Å². The molecule has 29 heavy (non-hydrogen) atoms. The number of para-hydroxylation sites is 2. The lowest BCUT2D eigenvalue weighted by molar-refractivity contribution is 0.169.